The second kappa shape index (κ2) is 4.07. The van der Waals surface area contributed by atoms with Gasteiger partial charge < -0.3 is 0 Å². The van der Waals surface area contributed by atoms with E-state index < -0.39 is 10.0 Å². The summed E-state index contributed by atoms with van der Waals surface area (Å²) in [6.45, 7) is 6.93. The minimum Gasteiger partial charge on any atom is -0.285 e. The number of anilines is 1. The van der Waals surface area contributed by atoms with Crippen molar-refractivity contribution in [1.29, 1.82) is 0 Å². The van der Waals surface area contributed by atoms with Crippen LogP contribution in [0, 0.1) is 6.57 Å². The van der Waals surface area contributed by atoms with Gasteiger partial charge in [0.2, 0.25) is 15.7 Å². The first kappa shape index (κ1) is 11.4. The molecule has 16 heavy (non-hydrogen) atoms. The first-order valence-electron chi connectivity index (χ1n) is 4.71. The highest BCUT2D eigenvalue weighted by Gasteiger charge is 2.35. The van der Waals surface area contributed by atoms with Gasteiger partial charge in [0.1, 0.15) is 0 Å². The van der Waals surface area contributed by atoms with E-state index in [4.69, 9.17) is 6.57 Å². The molecule has 0 heterocycles. The molecule has 0 bridgehead atoms. The van der Waals surface area contributed by atoms with Crippen LogP contribution in [-0.4, -0.2) is 13.7 Å². The molecule has 1 N–H and O–H groups in total. The first-order chi connectivity index (χ1) is 7.53. The SMILES string of the molecule is [C-]#[N+]c1cc(NS(=O)(=O)C2CC2)ccc1Br. The summed E-state index contributed by atoms with van der Waals surface area (Å²) in [5.74, 6) is 0. The number of hydrogen-bond donors (Lipinski definition) is 1. The Balaban J connectivity index is 2.26. The number of benzene rings is 1. The Bertz CT molecular complexity index is 559. The second-order valence-electron chi connectivity index (χ2n) is 3.62. The van der Waals surface area contributed by atoms with Crippen LogP contribution in [0.2, 0.25) is 0 Å². The van der Waals surface area contributed by atoms with E-state index in [9.17, 15) is 8.42 Å². The molecule has 0 atom stereocenters. The van der Waals surface area contributed by atoms with Gasteiger partial charge in [-0.2, -0.15) is 0 Å². The lowest BCUT2D eigenvalue weighted by Gasteiger charge is -2.07. The zero-order valence-electron chi connectivity index (χ0n) is 8.27. The van der Waals surface area contributed by atoms with Crippen molar-refractivity contribution in [3.63, 3.8) is 0 Å². The average molecular weight is 301 g/mol. The number of hydrogen-bond acceptors (Lipinski definition) is 2. The Morgan fingerprint density at radius 2 is 2.12 bits per heavy atom. The van der Waals surface area contributed by atoms with Crippen LogP contribution < -0.4 is 4.72 Å². The normalized spacial score (nSPS) is 15.5. The van der Waals surface area contributed by atoms with Gasteiger partial charge in [0.15, 0.2) is 0 Å². The summed E-state index contributed by atoms with van der Waals surface area (Å²) >= 11 is 3.22. The van der Waals surface area contributed by atoms with Gasteiger partial charge in [0.25, 0.3) is 0 Å². The highest BCUT2D eigenvalue weighted by Crippen LogP contribution is 2.32. The molecule has 1 aliphatic carbocycles. The van der Waals surface area contributed by atoms with Gasteiger partial charge in [-0.3, -0.25) is 4.72 Å². The molecule has 0 spiro atoms. The van der Waals surface area contributed by atoms with Gasteiger partial charge in [-0.1, -0.05) is 22.0 Å². The summed E-state index contributed by atoms with van der Waals surface area (Å²) in [7, 11) is -3.25. The van der Waals surface area contributed by atoms with Crippen molar-refractivity contribution in [2.24, 2.45) is 0 Å². The van der Waals surface area contributed by atoms with E-state index in [0.29, 0.717) is 15.8 Å². The predicted molar refractivity (Wildman–Crippen MR) is 66.0 cm³/mol. The maximum atomic E-state index is 11.6. The predicted octanol–water partition coefficient (Wildman–Crippen LogP) is 2.90. The average Bonchev–Trinajstić information content (AvgIpc) is 3.04. The third-order valence-corrected chi connectivity index (χ3v) is 4.83. The van der Waals surface area contributed by atoms with Crippen LogP contribution in [0.15, 0.2) is 22.7 Å². The van der Waals surface area contributed by atoms with Crippen LogP contribution in [0.3, 0.4) is 0 Å². The Morgan fingerprint density at radius 1 is 1.44 bits per heavy atom. The fourth-order valence-corrected chi connectivity index (χ4v) is 3.00. The molecule has 6 heteroatoms. The molecule has 84 valence electrons. The molecule has 1 aromatic rings. The monoisotopic (exact) mass is 300 g/mol. The number of rotatable bonds is 3. The molecule has 1 aromatic carbocycles. The maximum Gasteiger partial charge on any atom is 0.235 e. The lowest BCUT2D eigenvalue weighted by molar-refractivity contribution is 0.600. The lowest BCUT2D eigenvalue weighted by atomic mass is 10.3. The smallest absolute Gasteiger partial charge is 0.235 e. The van der Waals surface area contributed by atoms with E-state index in [1.54, 1.807) is 12.1 Å². The highest BCUT2D eigenvalue weighted by molar-refractivity contribution is 9.10. The quantitative estimate of drug-likeness (QED) is 0.873. The fraction of sp³-hybridized carbons (Fsp3) is 0.300. The third-order valence-electron chi connectivity index (χ3n) is 2.29. The Morgan fingerprint density at radius 3 is 2.69 bits per heavy atom. The van der Waals surface area contributed by atoms with Crippen LogP contribution in [-0.2, 0) is 10.0 Å². The van der Waals surface area contributed by atoms with Crippen LogP contribution in [0.25, 0.3) is 4.85 Å². The largest absolute Gasteiger partial charge is 0.285 e. The number of sulfonamides is 1. The standard InChI is InChI=1S/C10H9BrN2O2S/c1-12-10-6-7(2-5-9(10)11)13-16(14,15)8-3-4-8/h2,5-6,8,13H,3-4H2. The van der Waals surface area contributed by atoms with E-state index in [1.165, 1.54) is 6.07 Å². The fourth-order valence-electron chi connectivity index (χ4n) is 1.29. The first-order valence-corrected chi connectivity index (χ1v) is 7.05. The Kier molecular flexibility index (Phi) is 2.91. The van der Waals surface area contributed by atoms with Crippen molar-refractivity contribution in [1.82, 2.24) is 0 Å². The number of nitrogens with one attached hydrogen (secondary N) is 1. The zero-order chi connectivity index (χ0) is 11.8. The van der Waals surface area contributed by atoms with Gasteiger partial charge in [0.05, 0.1) is 11.8 Å². The summed E-state index contributed by atoms with van der Waals surface area (Å²) < 4.78 is 26.4. The molecule has 1 saturated carbocycles. The van der Waals surface area contributed by atoms with Gasteiger partial charge in [-0.15, -0.1) is 0 Å². The van der Waals surface area contributed by atoms with Crippen LogP contribution in [0.5, 0.6) is 0 Å². The van der Waals surface area contributed by atoms with E-state index in [0.717, 1.165) is 12.8 Å². The van der Waals surface area contributed by atoms with Crippen molar-refractivity contribution in [2.75, 3.05) is 4.72 Å². The van der Waals surface area contributed by atoms with Crippen LogP contribution >= 0.6 is 15.9 Å². The molecule has 2 rings (SSSR count). The molecule has 4 nitrogen and oxygen atoms in total. The summed E-state index contributed by atoms with van der Waals surface area (Å²) in [5.41, 5.74) is 0.845. The van der Waals surface area contributed by atoms with Gasteiger partial charge in [0, 0.05) is 10.2 Å². The summed E-state index contributed by atoms with van der Waals surface area (Å²) in [6.07, 6.45) is 1.45. The lowest BCUT2D eigenvalue weighted by Crippen LogP contribution is -2.17. The maximum absolute atomic E-state index is 11.6. The molecule has 0 aromatic heterocycles. The second-order valence-corrected chi connectivity index (χ2v) is 6.44. The Labute approximate surface area is 103 Å². The van der Waals surface area contributed by atoms with Gasteiger partial charge in [-0.05, 0) is 25.0 Å². The van der Waals surface area contributed by atoms with Gasteiger partial charge >= 0.3 is 0 Å². The van der Waals surface area contributed by atoms with E-state index in [-0.39, 0.29) is 5.25 Å². The molecule has 1 fully saturated rings. The number of nitrogens with zero attached hydrogens (tertiary/aromatic N) is 1. The molecule has 0 unspecified atom stereocenters. The molecule has 0 radical (unpaired) electrons. The zero-order valence-corrected chi connectivity index (χ0v) is 10.7. The van der Waals surface area contributed by atoms with Gasteiger partial charge in [-0.25, -0.2) is 13.3 Å². The third kappa shape index (κ3) is 2.36. The van der Waals surface area contributed by atoms with Crippen LogP contribution in [0.1, 0.15) is 12.8 Å². The van der Waals surface area contributed by atoms with E-state index in [1.807, 2.05) is 0 Å². The topological polar surface area (TPSA) is 50.5 Å². The summed E-state index contributed by atoms with van der Waals surface area (Å²) in [6, 6.07) is 4.83. The highest BCUT2D eigenvalue weighted by atomic mass is 79.9. The minimum atomic E-state index is -3.25. The molecule has 0 aliphatic heterocycles. The number of halogens is 1. The van der Waals surface area contributed by atoms with E-state index >= 15 is 0 Å². The molecular weight excluding hydrogens is 292 g/mol. The minimum absolute atomic E-state index is 0.257. The molecular formula is C10H9BrN2O2S. The van der Waals surface area contributed by atoms with E-state index in [2.05, 4.69) is 25.5 Å². The summed E-state index contributed by atoms with van der Waals surface area (Å²) in [5, 5.41) is -0.257. The molecule has 0 amide bonds. The summed E-state index contributed by atoms with van der Waals surface area (Å²) in [4.78, 5) is 3.29. The molecule has 1 aliphatic rings. The van der Waals surface area contributed by atoms with Crippen molar-refractivity contribution >= 4 is 37.3 Å². The van der Waals surface area contributed by atoms with Crippen molar-refractivity contribution < 1.29 is 8.42 Å². The van der Waals surface area contributed by atoms with Crippen molar-refractivity contribution in [3.05, 3.63) is 34.1 Å². The van der Waals surface area contributed by atoms with Crippen molar-refractivity contribution in [2.45, 2.75) is 18.1 Å². The Hall–Kier alpha value is -1.06. The van der Waals surface area contributed by atoms with Crippen LogP contribution in [0.4, 0.5) is 11.4 Å². The van der Waals surface area contributed by atoms with Crippen molar-refractivity contribution in [3.8, 4) is 0 Å². The molecule has 0 saturated heterocycles.